The smallest absolute Gasteiger partial charge is 0.312 e. The van der Waals surface area contributed by atoms with Crippen molar-refractivity contribution < 1.29 is 19.7 Å². The lowest BCUT2D eigenvalue weighted by atomic mass is 9.82. The summed E-state index contributed by atoms with van der Waals surface area (Å²) in [4.78, 5) is 11.3. The number of ether oxygens (including phenoxy) is 1. The van der Waals surface area contributed by atoms with Crippen molar-refractivity contribution in [3.63, 3.8) is 0 Å². The molecule has 0 aliphatic carbocycles. The van der Waals surface area contributed by atoms with Crippen LogP contribution in [0.15, 0.2) is 0 Å². The van der Waals surface area contributed by atoms with Gasteiger partial charge in [-0.3, -0.25) is 4.79 Å². The highest BCUT2D eigenvalue weighted by atomic mass is 16.6. The van der Waals surface area contributed by atoms with Crippen LogP contribution in [-0.2, 0) is 9.53 Å². The van der Waals surface area contributed by atoms with E-state index in [0.717, 1.165) is 6.42 Å². The summed E-state index contributed by atoms with van der Waals surface area (Å²) in [5.74, 6) is -1.01. The van der Waals surface area contributed by atoms with Gasteiger partial charge in [0, 0.05) is 0 Å². The Morgan fingerprint density at radius 1 is 1.60 bits per heavy atom. The van der Waals surface area contributed by atoms with E-state index in [4.69, 9.17) is 4.74 Å². The van der Waals surface area contributed by atoms with Crippen molar-refractivity contribution in [2.45, 2.75) is 51.9 Å². The predicted octanol–water partition coefficient (Wildman–Crippen LogP) is 0.706. The van der Waals surface area contributed by atoms with E-state index in [1.165, 1.54) is 0 Å². The molecule has 0 aromatic heterocycles. The molecule has 0 amide bonds. The lowest BCUT2D eigenvalue weighted by molar-refractivity contribution is -0.168. The van der Waals surface area contributed by atoms with Gasteiger partial charge in [-0.2, -0.15) is 0 Å². The zero-order valence-corrected chi connectivity index (χ0v) is 9.73. The summed E-state index contributed by atoms with van der Waals surface area (Å²) >= 11 is 0. The van der Waals surface area contributed by atoms with Crippen LogP contribution in [0, 0.1) is 11.8 Å². The van der Waals surface area contributed by atoms with Crippen LogP contribution in [-0.4, -0.2) is 34.0 Å². The average molecular weight is 216 g/mol. The third-order valence-corrected chi connectivity index (χ3v) is 3.52. The maximum atomic E-state index is 11.3. The molecule has 2 N–H and O–H groups in total. The number of rotatable bonds is 3. The van der Waals surface area contributed by atoms with Crippen LogP contribution in [0.2, 0.25) is 0 Å². The van der Waals surface area contributed by atoms with E-state index in [2.05, 4.69) is 0 Å². The second-order valence-corrected chi connectivity index (χ2v) is 4.67. The Hall–Kier alpha value is -0.610. The van der Waals surface area contributed by atoms with Gasteiger partial charge in [0.25, 0.3) is 0 Å². The Balaban J connectivity index is 2.88. The van der Waals surface area contributed by atoms with Crippen molar-refractivity contribution in [1.82, 2.24) is 0 Å². The Kier molecular flexibility index (Phi) is 3.41. The highest BCUT2D eigenvalue weighted by molar-refractivity contribution is 5.76. The molecule has 0 spiro atoms. The third-order valence-electron chi connectivity index (χ3n) is 3.52. The molecule has 15 heavy (non-hydrogen) atoms. The molecule has 4 nitrogen and oxygen atoms in total. The molecule has 0 bridgehead atoms. The summed E-state index contributed by atoms with van der Waals surface area (Å²) in [5.41, 5.74) is -1.16. The lowest BCUT2D eigenvalue weighted by Crippen LogP contribution is -2.51. The minimum absolute atomic E-state index is 0.0113. The van der Waals surface area contributed by atoms with Gasteiger partial charge in [0.1, 0.15) is 6.10 Å². The van der Waals surface area contributed by atoms with Crippen LogP contribution in [0.3, 0.4) is 0 Å². The summed E-state index contributed by atoms with van der Waals surface area (Å²) in [6, 6.07) is 0. The maximum absolute atomic E-state index is 11.3. The SMILES string of the molecule is CCC(C)C(O)C1(C)OC(=O)C(C)C1O. The number of carbonyl (C=O) groups excluding carboxylic acids is 1. The average Bonchev–Trinajstić information content (AvgIpc) is 2.41. The van der Waals surface area contributed by atoms with Crippen LogP contribution in [0.4, 0.5) is 0 Å². The fraction of sp³-hybridized carbons (Fsp3) is 0.909. The molecule has 0 saturated carbocycles. The lowest BCUT2D eigenvalue weighted by Gasteiger charge is -2.35. The highest BCUT2D eigenvalue weighted by Crippen LogP contribution is 2.37. The number of esters is 1. The van der Waals surface area contributed by atoms with Gasteiger partial charge < -0.3 is 14.9 Å². The molecule has 4 heteroatoms. The van der Waals surface area contributed by atoms with Crippen LogP contribution >= 0.6 is 0 Å². The largest absolute Gasteiger partial charge is 0.453 e. The molecule has 0 aromatic carbocycles. The number of hydrogen-bond acceptors (Lipinski definition) is 4. The van der Waals surface area contributed by atoms with Gasteiger partial charge in [-0.05, 0) is 19.8 Å². The van der Waals surface area contributed by atoms with Gasteiger partial charge in [-0.25, -0.2) is 0 Å². The van der Waals surface area contributed by atoms with Gasteiger partial charge in [-0.15, -0.1) is 0 Å². The molecule has 88 valence electrons. The normalized spacial score (nSPS) is 40.0. The van der Waals surface area contributed by atoms with Crippen molar-refractivity contribution in [2.24, 2.45) is 11.8 Å². The number of aliphatic hydroxyl groups excluding tert-OH is 2. The maximum Gasteiger partial charge on any atom is 0.312 e. The zero-order chi connectivity index (χ0) is 11.8. The summed E-state index contributed by atoms with van der Waals surface area (Å²) in [6.45, 7) is 7.03. The number of hydrogen-bond donors (Lipinski definition) is 2. The molecule has 1 fully saturated rings. The first-order valence-electron chi connectivity index (χ1n) is 5.43. The van der Waals surface area contributed by atoms with E-state index >= 15 is 0 Å². The van der Waals surface area contributed by atoms with Crippen molar-refractivity contribution in [3.05, 3.63) is 0 Å². The van der Waals surface area contributed by atoms with Crippen molar-refractivity contribution in [1.29, 1.82) is 0 Å². The summed E-state index contributed by atoms with van der Waals surface area (Å²) < 4.78 is 5.12. The first-order chi connectivity index (χ1) is 6.84. The highest BCUT2D eigenvalue weighted by Gasteiger charge is 2.55. The summed E-state index contributed by atoms with van der Waals surface area (Å²) in [6.07, 6.45) is -0.990. The molecule has 1 aliphatic rings. The monoisotopic (exact) mass is 216 g/mol. The topological polar surface area (TPSA) is 66.8 Å². The van der Waals surface area contributed by atoms with Crippen molar-refractivity contribution >= 4 is 5.97 Å². The van der Waals surface area contributed by atoms with E-state index in [0.29, 0.717) is 0 Å². The van der Waals surface area contributed by atoms with E-state index in [1.807, 2.05) is 13.8 Å². The summed E-state index contributed by atoms with van der Waals surface area (Å²) in [5, 5.41) is 19.9. The van der Waals surface area contributed by atoms with Gasteiger partial charge in [0.2, 0.25) is 0 Å². The molecule has 1 saturated heterocycles. The Labute approximate surface area is 90.2 Å². The van der Waals surface area contributed by atoms with Crippen LogP contribution in [0.25, 0.3) is 0 Å². The van der Waals surface area contributed by atoms with Crippen molar-refractivity contribution in [3.8, 4) is 0 Å². The first kappa shape index (κ1) is 12.5. The molecule has 0 radical (unpaired) electrons. The molecule has 5 unspecified atom stereocenters. The van der Waals surface area contributed by atoms with E-state index in [9.17, 15) is 15.0 Å². The summed E-state index contributed by atoms with van der Waals surface area (Å²) in [7, 11) is 0. The molecular weight excluding hydrogens is 196 g/mol. The second-order valence-electron chi connectivity index (χ2n) is 4.67. The number of carbonyl (C=O) groups is 1. The minimum Gasteiger partial charge on any atom is -0.453 e. The van der Waals surface area contributed by atoms with E-state index < -0.39 is 29.7 Å². The van der Waals surface area contributed by atoms with Crippen molar-refractivity contribution in [2.75, 3.05) is 0 Å². The van der Waals surface area contributed by atoms with Gasteiger partial charge in [-0.1, -0.05) is 20.3 Å². The number of aliphatic hydroxyl groups is 2. The van der Waals surface area contributed by atoms with Gasteiger partial charge in [0.05, 0.1) is 12.0 Å². The molecule has 0 aromatic rings. The molecule has 1 aliphatic heterocycles. The Morgan fingerprint density at radius 3 is 2.47 bits per heavy atom. The minimum atomic E-state index is -1.16. The molecule has 1 rings (SSSR count). The van der Waals surface area contributed by atoms with Crippen LogP contribution < -0.4 is 0 Å². The van der Waals surface area contributed by atoms with Gasteiger partial charge >= 0.3 is 5.97 Å². The fourth-order valence-corrected chi connectivity index (χ4v) is 2.02. The molecule has 5 atom stereocenters. The quantitative estimate of drug-likeness (QED) is 0.682. The number of cyclic esters (lactones) is 1. The van der Waals surface area contributed by atoms with Crippen LogP contribution in [0.5, 0.6) is 0 Å². The Bertz CT molecular complexity index is 253. The first-order valence-corrected chi connectivity index (χ1v) is 5.43. The third kappa shape index (κ3) is 1.88. The van der Waals surface area contributed by atoms with Crippen LogP contribution in [0.1, 0.15) is 34.1 Å². The molecule has 1 heterocycles. The molecular formula is C11H20O4. The predicted molar refractivity (Wildman–Crippen MR) is 55.1 cm³/mol. The van der Waals surface area contributed by atoms with Gasteiger partial charge in [0.15, 0.2) is 5.60 Å². The zero-order valence-electron chi connectivity index (χ0n) is 9.73. The standard InChI is InChI=1S/C11H20O4/c1-5-6(2)8(12)11(4)9(13)7(3)10(14)15-11/h6-9,12-13H,5H2,1-4H3. The fourth-order valence-electron chi connectivity index (χ4n) is 2.02. The second kappa shape index (κ2) is 4.10. The van der Waals surface area contributed by atoms with E-state index in [-0.39, 0.29) is 5.92 Å². The Morgan fingerprint density at radius 2 is 2.13 bits per heavy atom. The van der Waals surface area contributed by atoms with E-state index in [1.54, 1.807) is 13.8 Å².